The number of nitrogens with zero attached hydrogens (tertiary/aromatic N) is 11. The van der Waals surface area contributed by atoms with Crippen molar-refractivity contribution in [3.05, 3.63) is 29.8 Å². The van der Waals surface area contributed by atoms with Crippen LogP contribution in [0.4, 0.5) is 0 Å². The maximum Gasteiger partial charge on any atom is 0.317 e. The van der Waals surface area contributed by atoms with Crippen molar-refractivity contribution in [2.24, 2.45) is 0 Å². The van der Waals surface area contributed by atoms with E-state index in [0.717, 1.165) is 9.80 Å². The van der Waals surface area contributed by atoms with Gasteiger partial charge in [-0.25, -0.2) is 0 Å². The van der Waals surface area contributed by atoms with E-state index < -0.39 is 209 Å². The molecule has 0 spiro atoms. The van der Waals surface area contributed by atoms with Gasteiger partial charge in [0.15, 0.2) is 0 Å². The summed E-state index contributed by atoms with van der Waals surface area (Å²) < 4.78 is 5.39. The van der Waals surface area contributed by atoms with Gasteiger partial charge in [0, 0.05) is 230 Å². The number of hydrogen-bond donors (Lipinski definition) is 28. The Bertz CT molecular complexity index is 3030. The predicted molar refractivity (Wildman–Crippen MR) is 444 cm³/mol. The number of carbonyl (C=O) groups is 13. The Morgan fingerprint density at radius 2 is 0.560 bits per heavy atom. The summed E-state index contributed by atoms with van der Waals surface area (Å²) in [5.74, 6) is -14.7. The number of rotatable bonds is 54. The average molecular weight is 2240 g/mol. The minimum atomic E-state index is -1.53. The standard InChI is InChI=1S/C23H33N3O11.2C16H28N4O8.3C7H17NO5.2Gd/c1-2-37-18-5-3-16(4-6-18)9-17(26(14-22(33)34)15-23(35)36)10-24(11-19(27)28)7-8-25(12-20(29)30)13-21(31)32;2*21-13(22)9-17-1-2-18(10-14(23)24)5-6-20(12-16(27)28)8-7-19(4-3-17)11-15(25)26;3*1-8-2-4(10)6(12)7(13)5(11)3-9;;/h3-6,17H,2,7-15H2,1H3,(H,27,28)(H,29,30)(H,31,32)(H,33,34)(H,35,36);2*1-12H2,(H,21,22)(H,23,24)(H,25,26)(H,27,28);3*4-13H,2-3H2,1H3;;/t17-;;;;;;;/m0......./s1. The number of carbonyl (C=O) groups excluding carboxylic acids is 3. The van der Waals surface area contributed by atoms with E-state index in [9.17, 15) is 113 Å². The van der Waals surface area contributed by atoms with Crippen LogP contribution in [0.15, 0.2) is 24.3 Å². The number of nitrogens with two attached hydrogens (primary N) is 3. The number of ether oxygens (including phenoxy) is 1. The van der Waals surface area contributed by atoms with Gasteiger partial charge in [-0.15, -0.1) is 0 Å². The number of hydrogen-bond acceptors (Lipinski definition) is 43. The Morgan fingerprint density at radius 3 is 0.761 bits per heavy atom. The van der Waals surface area contributed by atoms with Gasteiger partial charge in [-0.05, 0) is 31.0 Å². The number of carboxylic acid groups (broad SMARTS) is 13. The van der Waals surface area contributed by atoms with Crippen LogP contribution in [0.1, 0.15) is 12.5 Å². The van der Waals surface area contributed by atoms with Crippen LogP contribution < -0.4 is 36.0 Å². The molecule has 0 aromatic heterocycles. The summed E-state index contributed by atoms with van der Waals surface area (Å²) in [5.41, 5.74) is 0.689. The minimum absolute atomic E-state index is 0. The van der Waals surface area contributed by atoms with Crippen molar-refractivity contribution < 1.29 is 306 Å². The molecule has 0 saturated carbocycles. The number of likely N-dealkylation sites (N-methyl/N-ethyl adjacent to an activating group) is 3. The van der Waals surface area contributed by atoms with Crippen LogP contribution in [-0.2, 0) is 68.7 Å². The molecule has 3 rings (SSSR count). The summed E-state index contributed by atoms with van der Waals surface area (Å²) in [7, 11) is 5.10. The number of quaternary nitrogens is 3. The number of aliphatic hydroxyl groups excluding tert-OH is 15. The topological polar surface area (TPSA) is 892 Å². The molecule has 31 N–H and O–H groups in total. The van der Waals surface area contributed by atoms with Crippen LogP contribution in [0.3, 0.4) is 0 Å². The van der Waals surface area contributed by atoms with E-state index in [1.807, 2.05) is 6.92 Å². The summed E-state index contributed by atoms with van der Waals surface area (Å²) in [6.07, 6.45) is -16.5. The summed E-state index contributed by atoms with van der Waals surface area (Å²) in [6.45, 7) is 0.0229. The number of aliphatic hydroxyl groups is 15. The Balaban J connectivity index is -0.000000519. The molecule has 0 amide bonds. The van der Waals surface area contributed by atoms with E-state index in [4.69, 9.17) is 96.7 Å². The van der Waals surface area contributed by atoms with Crippen LogP contribution in [0.2, 0.25) is 0 Å². The predicted octanol–water partition coefficient (Wildman–Crippen LogP) is -22.7. The fraction of sp³-hybridized carbons (Fsp3) is 0.750. The van der Waals surface area contributed by atoms with Gasteiger partial charge in [0.25, 0.3) is 0 Å². The summed E-state index contributed by atoms with van der Waals surface area (Å²) >= 11 is 0. The Hall–Kier alpha value is -6.38. The van der Waals surface area contributed by atoms with Gasteiger partial charge < -0.3 is 178 Å². The van der Waals surface area contributed by atoms with Crippen molar-refractivity contribution >= 4 is 77.6 Å². The number of benzene rings is 1. The molecule has 2 saturated heterocycles. The van der Waals surface area contributed by atoms with E-state index in [-0.39, 0.29) is 217 Å². The molecule has 0 bridgehead atoms. The molecule has 1 aromatic carbocycles. The molecule has 2 aliphatic heterocycles. The number of carboxylic acids is 13. The van der Waals surface area contributed by atoms with Crippen molar-refractivity contribution in [3.63, 3.8) is 0 Å². The second-order valence-corrected chi connectivity index (χ2v) is 30.4. The third kappa shape index (κ3) is 70.3. The van der Waals surface area contributed by atoms with Crippen molar-refractivity contribution in [1.29, 1.82) is 0 Å². The van der Waals surface area contributed by atoms with Crippen molar-refractivity contribution in [2.45, 2.75) is 92.6 Å². The Morgan fingerprint density at radius 1 is 0.328 bits per heavy atom. The monoisotopic (exact) mass is 2240 g/mol. The first-order valence-electron chi connectivity index (χ1n) is 41.6. The quantitative estimate of drug-likeness (QED) is 0.0288. The molecule has 134 heavy (non-hydrogen) atoms. The zero-order chi connectivity index (χ0) is 101. The van der Waals surface area contributed by atoms with Crippen LogP contribution >= 0.6 is 0 Å². The van der Waals surface area contributed by atoms with E-state index in [1.54, 1.807) is 101 Å². The summed E-state index contributed by atoms with van der Waals surface area (Å²) in [4.78, 5) is 161. The van der Waals surface area contributed by atoms with Crippen molar-refractivity contribution in [3.8, 4) is 5.75 Å². The van der Waals surface area contributed by atoms with Crippen LogP contribution in [0.5, 0.6) is 5.75 Å². The van der Waals surface area contributed by atoms with E-state index >= 15 is 0 Å². The zero-order valence-corrected chi connectivity index (χ0v) is 79.6. The SMILES string of the molecule is CCOc1ccc(C[C@@H](CN(CCN(CC(=O)O)CC(=O)O)CC(=O)[O-])N(CC(=O)[O-])CC(=O)O)cc1.C[NH2+]CC(O)C(O)C(O)C(O)CO.C[NH2+]CC(O)C(O)C(O)C(O)CO.C[NH2+]CC(O)C(O)C(O)C(O)CO.O=C(O)CN1CCN(CC(=O)O)CCN(CC(=O)O)CCN(CC(=O)O)CC1.O=C([O-])CN1CCN(CC(=O)O)CCN(CC(=O)O)CCN(CC(=O)O)CC1.[Gd].[Gd]. The second kappa shape index (κ2) is 79.4. The smallest absolute Gasteiger partial charge is 0.317 e. The average Bonchev–Trinajstić information content (AvgIpc) is 0.848. The summed E-state index contributed by atoms with van der Waals surface area (Å²) in [5, 5.41) is 264. The van der Waals surface area contributed by atoms with E-state index in [1.165, 1.54) is 4.90 Å². The number of aliphatic carboxylic acids is 13. The third-order valence-electron chi connectivity index (χ3n) is 19.3. The molecule has 0 aliphatic carbocycles. The van der Waals surface area contributed by atoms with Crippen LogP contribution in [0, 0.1) is 79.9 Å². The Kier molecular flexibility index (Phi) is 80.6. The molecule has 0 radical (unpaired) electrons. The molecular weight excluding hydrogens is 2100 g/mol. The minimum Gasteiger partial charge on any atom is -0.549 e. The van der Waals surface area contributed by atoms with Crippen LogP contribution in [0.25, 0.3) is 0 Å². The third-order valence-corrected chi connectivity index (χ3v) is 19.3. The van der Waals surface area contributed by atoms with Gasteiger partial charge in [-0.2, -0.15) is 0 Å². The summed E-state index contributed by atoms with van der Waals surface area (Å²) in [6, 6.07) is 5.97. The molecule has 13 atom stereocenters. The molecule has 56 nitrogen and oxygen atoms in total. The first kappa shape index (κ1) is 136. The van der Waals surface area contributed by atoms with Gasteiger partial charge in [0.05, 0.1) is 131 Å². The second-order valence-electron chi connectivity index (χ2n) is 30.4. The largest absolute Gasteiger partial charge is 0.549 e. The first-order chi connectivity index (χ1) is 61.8. The fourth-order valence-corrected chi connectivity index (χ4v) is 12.5. The molecular formula is C76H140Gd2N14O42. The van der Waals surface area contributed by atoms with E-state index in [0.29, 0.717) is 83.4 Å². The van der Waals surface area contributed by atoms with Crippen molar-refractivity contribution in [1.82, 2.24) is 53.9 Å². The van der Waals surface area contributed by atoms with Gasteiger partial charge in [0.2, 0.25) is 0 Å². The zero-order valence-electron chi connectivity index (χ0n) is 75.1. The van der Waals surface area contributed by atoms with Crippen molar-refractivity contribution in [2.75, 3.05) is 277 Å². The molecule has 2 aliphatic rings. The molecule has 782 valence electrons. The molecule has 1 aromatic rings. The maximum atomic E-state index is 11.4. The first-order valence-corrected chi connectivity index (χ1v) is 41.6. The van der Waals surface area contributed by atoms with Gasteiger partial charge in [-0.3, -0.25) is 102 Å². The van der Waals surface area contributed by atoms with Gasteiger partial charge in [0.1, 0.15) is 98.6 Å². The molecule has 58 heteroatoms. The molecule has 12 unspecified atom stereocenters. The molecule has 2 fully saturated rings. The fourth-order valence-electron chi connectivity index (χ4n) is 12.5. The van der Waals surface area contributed by atoms with E-state index in [2.05, 4.69) is 0 Å². The molecule has 2 heterocycles. The van der Waals surface area contributed by atoms with Gasteiger partial charge in [-0.1, -0.05) is 12.1 Å². The normalized spacial score (nSPS) is 17.5. The van der Waals surface area contributed by atoms with Crippen LogP contribution in [-0.4, -0.2) is 615 Å². The maximum absolute atomic E-state index is 11.4. The van der Waals surface area contributed by atoms with Gasteiger partial charge >= 0.3 is 59.7 Å². The Labute approximate surface area is 836 Å².